The van der Waals surface area contributed by atoms with Crippen molar-refractivity contribution < 1.29 is 46.8 Å². The summed E-state index contributed by atoms with van der Waals surface area (Å²) in [5, 5.41) is 0. The molecule has 0 saturated carbocycles. The molecule has 0 atom stereocenters. The van der Waals surface area contributed by atoms with Crippen LogP contribution in [-0.2, 0) is 4.74 Å². The lowest BCUT2D eigenvalue weighted by Crippen LogP contribution is -3.00. The molecule has 0 aliphatic carbocycles. The molecule has 2 heterocycles. The number of rotatable bonds is 7. The Morgan fingerprint density at radius 3 is 2.06 bits per heavy atom. The minimum Gasteiger partial charge on any atom is -1.00 e. The Kier molecular flexibility index (Phi) is 8.75. The van der Waals surface area contributed by atoms with E-state index in [0.717, 1.165) is 72.2 Å². The molecule has 4 nitrogen and oxygen atoms in total. The van der Waals surface area contributed by atoms with E-state index in [9.17, 15) is 13.6 Å². The highest BCUT2D eigenvalue weighted by Crippen LogP contribution is 2.42. The third-order valence-corrected chi connectivity index (χ3v) is 7.24. The van der Waals surface area contributed by atoms with Crippen LogP contribution in [0.5, 0.6) is 0 Å². The van der Waals surface area contributed by atoms with Crippen molar-refractivity contribution in [2.45, 2.75) is 38.2 Å². The summed E-state index contributed by atoms with van der Waals surface area (Å²) in [6.45, 7) is 9.59. The maximum atomic E-state index is 13.5. The summed E-state index contributed by atoms with van der Waals surface area (Å²) >= 11 is 0. The second kappa shape index (κ2) is 11.2. The predicted octanol–water partition coefficient (Wildman–Crippen LogP) is 3.15. The van der Waals surface area contributed by atoms with Gasteiger partial charge in [-0.05, 0) is 47.4 Å². The van der Waals surface area contributed by atoms with Gasteiger partial charge in [-0.15, -0.1) is 0 Å². The molecular weight excluding hydrogens is 561 g/mol. The lowest BCUT2D eigenvalue weighted by molar-refractivity contribution is -0.915. The van der Waals surface area contributed by atoms with E-state index in [2.05, 4.69) is 19.7 Å². The van der Waals surface area contributed by atoms with Crippen molar-refractivity contribution >= 4 is 11.7 Å². The number of benzene rings is 2. The van der Waals surface area contributed by atoms with Crippen LogP contribution in [0, 0.1) is 11.6 Å². The maximum Gasteiger partial charge on any atom is 0.415 e. The van der Waals surface area contributed by atoms with Crippen molar-refractivity contribution in [2.24, 2.45) is 0 Å². The van der Waals surface area contributed by atoms with E-state index in [4.69, 9.17) is 4.74 Å². The monoisotopic (exact) mass is 594 g/mol. The van der Waals surface area contributed by atoms with Gasteiger partial charge in [0, 0.05) is 25.8 Å². The van der Waals surface area contributed by atoms with Crippen molar-refractivity contribution in [2.75, 3.05) is 33.2 Å². The fourth-order valence-electron chi connectivity index (χ4n) is 5.02. The molecule has 4 rings (SSSR count). The van der Waals surface area contributed by atoms with Gasteiger partial charge in [-0.3, -0.25) is 4.90 Å². The van der Waals surface area contributed by atoms with Gasteiger partial charge in [-0.2, -0.15) is 0 Å². The quantitative estimate of drug-likeness (QED) is 0.365. The summed E-state index contributed by atoms with van der Waals surface area (Å²) in [5.74, 6) is -0.566. The summed E-state index contributed by atoms with van der Waals surface area (Å²) in [6.07, 6.45) is 5.10. The minimum absolute atomic E-state index is 0. The molecule has 7 heteroatoms. The summed E-state index contributed by atoms with van der Waals surface area (Å²) in [5.41, 5.74) is 3.01. The minimum atomic E-state index is -0.562. The van der Waals surface area contributed by atoms with Crippen LogP contribution in [0.3, 0.4) is 0 Å². The van der Waals surface area contributed by atoms with E-state index in [0.29, 0.717) is 6.54 Å². The zero-order valence-corrected chi connectivity index (χ0v) is 22.6. The molecule has 0 radical (unpaired) electrons. The fraction of sp³-hybridized carbons (Fsp3) is 0.393. The largest absolute Gasteiger partial charge is 1.00 e. The fourth-order valence-corrected chi connectivity index (χ4v) is 5.02. The van der Waals surface area contributed by atoms with Crippen molar-refractivity contribution in [3.05, 3.63) is 89.6 Å². The normalized spacial score (nSPS) is 23.7. The van der Waals surface area contributed by atoms with Crippen LogP contribution in [0.1, 0.15) is 43.7 Å². The van der Waals surface area contributed by atoms with Crippen LogP contribution in [-0.4, -0.2) is 54.3 Å². The second-order valence-electron chi connectivity index (χ2n) is 9.67. The lowest BCUT2D eigenvalue weighted by Gasteiger charge is -2.44. The van der Waals surface area contributed by atoms with Gasteiger partial charge in [0.2, 0.25) is 0 Å². The highest BCUT2D eigenvalue weighted by Gasteiger charge is 2.52. The number of hydrogen-bond acceptors (Lipinski definition) is 2. The lowest BCUT2D eigenvalue weighted by atomic mass is 9.87. The first-order valence-electron chi connectivity index (χ1n) is 12.0. The second-order valence-corrected chi connectivity index (χ2v) is 9.67. The zero-order chi connectivity index (χ0) is 24.3. The van der Waals surface area contributed by atoms with Gasteiger partial charge in [0.15, 0.2) is 5.60 Å². The molecule has 0 bridgehead atoms. The molecule has 2 fully saturated rings. The molecule has 2 saturated heterocycles. The summed E-state index contributed by atoms with van der Waals surface area (Å²) < 4.78 is 33.7. The van der Waals surface area contributed by atoms with Gasteiger partial charge in [-0.25, -0.2) is 13.6 Å². The predicted molar refractivity (Wildman–Crippen MR) is 130 cm³/mol. The average Bonchev–Trinajstić information content (AvgIpc) is 3.05. The van der Waals surface area contributed by atoms with Gasteiger partial charge in [0.25, 0.3) is 0 Å². The van der Waals surface area contributed by atoms with Crippen molar-refractivity contribution in [3.8, 4) is 0 Å². The first-order valence-corrected chi connectivity index (χ1v) is 12.0. The molecule has 1 spiro atoms. The van der Waals surface area contributed by atoms with E-state index >= 15 is 0 Å². The molecule has 0 unspecified atom stereocenters. The van der Waals surface area contributed by atoms with Gasteiger partial charge in [0.05, 0.1) is 32.4 Å². The number of ether oxygens (including phenoxy) is 1. The van der Waals surface area contributed by atoms with E-state index in [1.807, 2.05) is 6.92 Å². The average molecular weight is 594 g/mol. The van der Waals surface area contributed by atoms with Crippen molar-refractivity contribution in [1.82, 2.24) is 4.90 Å². The SMILES string of the molecule is C=C1N(CCC)C(=O)OC12CC[N+](C)(CCC=C(c1ccc(F)cc1)c1ccc(F)cc1)CC2.[I-]. The number of nitrogens with zero attached hydrogens (tertiary/aromatic N) is 2. The Hall–Kier alpha value is -2.26. The maximum absolute atomic E-state index is 13.5. The van der Waals surface area contributed by atoms with Crippen LogP contribution in [0.2, 0.25) is 0 Å². The number of carbonyl (C=O) groups excluding carboxylic acids is 1. The number of hydrogen-bond donors (Lipinski definition) is 0. The number of carbonyl (C=O) groups is 1. The third kappa shape index (κ3) is 5.94. The van der Waals surface area contributed by atoms with Gasteiger partial charge in [-0.1, -0.05) is 43.8 Å². The summed E-state index contributed by atoms with van der Waals surface area (Å²) in [4.78, 5) is 14.0. The molecule has 1 amide bonds. The van der Waals surface area contributed by atoms with E-state index in [1.54, 1.807) is 29.2 Å². The Morgan fingerprint density at radius 1 is 1.06 bits per heavy atom. The molecule has 2 aromatic rings. The molecule has 188 valence electrons. The van der Waals surface area contributed by atoms with Crippen molar-refractivity contribution in [3.63, 3.8) is 0 Å². The van der Waals surface area contributed by atoms with Crippen LogP contribution < -0.4 is 24.0 Å². The van der Waals surface area contributed by atoms with Gasteiger partial charge in [0.1, 0.15) is 11.6 Å². The molecule has 35 heavy (non-hydrogen) atoms. The van der Waals surface area contributed by atoms with Gasteiger partial charge >= 0.3 is 6.09 Å². The number of quaternary nitrogens is 1. The standard InChI is InChI=1S/C28H33F2N2O2.HI/c1-4-17-31-21(2)28(34-27(31)33)15-19-32(3,20-16-28)18-5-6-26(22-7-11-24(29)12-8-22)23-9-13-25(30)14-10-23;/h6-14H,2,4-5,15-20H2,1,3H3;1H/q+1;/p-1. The van der Waals surface area contributed by atoms with E-state index in [-0.39, 0.29) is 41.7 Å². The smallest absolute Gasteiger partial charge is 0.415 e. The van der Waals surface area contributed by atoms with Crippen LogP contribution in [0.4, 0.5) is 13.6 Å². The zero-order valence-electron chi connectivity index (χ0n) is 20.4. The number of piperidine rings is 1. The molecule has 2 aliphatic rings. The van der Waals surface area contributed by atoms with Gasteiger partial charge < -0.3 is 33.2 Å². The Labute approximate surface area is 223 Å². The number of amides is 1. The van der Waals surface area contributed by atoms with Crippen LogP contribution in [0.25, 0.3) is 5.57 Å². The van der Waals surface area contributed by atoms with E-state index < -0.39 is 5.60 Å². The van der Waals surface area contributed by atoms with Crippen LogP contribution >= 0.6 is 0 Å². The molecule has 0 aromatic heterocycles. The number of likely N-dealkylation sites (tertiary alicyclic amines) is 1. The summed E-state index contributed by atoms with van der Waals surface area (Å²) in [6, 6.07) is 12.8. The molecule has 2 aromatic carbocycles. The summed E-state index contributed by atoms with van der Waals surface area (Å²) in [7, 11) is 2.24. The first-order chi connectivity index (χ1) is 16.3. The van der Waals surface area contributed by atoms with Crippen LogP contribution in [0.15, 0.2) is 66.9 Å². The molecule has 0 N–H and O–H groups in total. The van der Waals surface area contributed by atoms with Crippen molar-refractivity contribution in [1.29, 1.82) is 0 Å². The topological polar surface area (TPSA) is 29.5 Å². The van der Waals surface area contributed by atoms with E-state index in [1.165, 1.54) is 24.3 Å². The number of halogens is 3. The Balaban J connectivity index is 0.00000342. The Morgan fingerprint density at radius 2 is 1.57 bits per heavy atom. The highest BCUT2D eigenvalue weighted by molar-refractivity contribution is 5.79. The Bertz CT molecular complexity index is 1030. The molecule has 2 aliphatic heterocycles. The highest BCUT2D eigenvalue weighted by atomic mass is 127. The first kappa shape index (κ1) is 27.3. The molecular formula is C28H33F2IN2O2. The third-order valence-electron chi connectivity index (χ3n) is 7.24.